The number of benzene rings is 1. The lowest BCUT2D eigenvalue weighted by Gasteiger charge is -2.55. The highest BCUT2D eigenvalue weighted by atomic mass is 16.6. The summed E-state index contributed by atoms with van der Waals surface area (Å²) in [5.74, 6) is -4.19. The fourth-order valence-corrected chi connectivity index (χ4v) is 6.14. The summed E-state index contributed by atoms with van der Waals surface area (Å²) < 4.78 is 5.23. The molecule has 0 bridgehead atoms. The van der Waals surface area contributed by atoms with Crippen molar-refractivity contribution in [2.75, 3.05) is 13.7 Å². The summed E-state index contributed by atoms with van der Waals surface area (Å²) in [6, 6.07) is 6.22. The van der Waals surface area contributed by atoms with Gasteiger partial charge in [0, 0.05) is 32.5 Å². The molecule has 3 unspecified atom stereocenters. The standard InChI is InChI=1S/C26H36N2O8/c1-16(8-7-13-28-21(30)18-11-5-6-12-19(18)22(28)31)27-23(32)24(33)14-20(29)26(35,17-9-3-4-10-17)25(34,15-24)36-2/h5-6,11-12,16-17,20,29,33-35H,3-4,7-10,13-15H2,1-2H3,(H,27,32)/t16?,20-,24?,25-,26?/m1/s1. The van der Waals surface area contributed by atoms with Gasteiger partial charge in [-0.05, 0) is 50.7 Å². The molecule has 2 aliphatic carbocycles. The Bertz CT molecular complexity index is 992. The number of aliphatic hydroxyl groups is 4. The van der Waals surface area contributed by atoms with Gasteiger partial charge in [-0.2, -0.15) is 0 Å². The maximum Gasteiger partial charge on any atom is 0.261 e. The van der Waals surface area contributed by atoms with Crippen LogP contribution >= 0.6 is 0 Å². The second-order valence-corrected chi connectivity index (χ2v) is 10.5. The lowest BCUT2D eigenvalue weighted by Crippen LogP contribution is -2.74. The van der Waals surface area contributed by atoms with Gasteiger partial charge in [-0.3, -0.25) is 19.3 Å². The van der Waals surface area contributed by atoms with Crippen LogP contribution in [0.25, 0.3) is 0 Å². The summed E-state index contributed by atoms with van der Waals surface area (Å²) in [5.41, 5.74) is -3.40. The third-order valence-corrected chi connectivity index (χ3v) is 8.21. The number of fused-ring (bicyclic) bond motifs is 1. The van der Waals surface area contributed by atoms with E-state index in [1.54, 1.807) is 31.2 Å². The first-order chi connectivity index (χ1) is 17.0. The van der Waals surface area contributed by atoms with Crippen molar-refractivity contribution in [3.63, 3.8) is 0 Å². The Balaban J connectivity index is 1.35. The van der Waals surface area contributed by atoms with E-state index < -0.39 is 53.8 Å². The predicted molar refractivity (Wildman–Crippen MR) is 128 cm³/mol. The van der Waals surface area contributed by atoms with Gasteiger partial charge in [0.25, 0.3) is 17.7 Å². The first-order valence-corrected chi connectivity index (χ1v) is 12.6. The minimum atomic E-state index is -2.31. The fraction of sp³-hybridized carbons (Fsp3) is 0.654. The van der Waals surface area contributed by atoms with E-state index in [0.717, 1.165) is 12.8 Å². The fourth-order valence-electron chi connectivity index (χ4n) is 6.14. The number of aliphatic hydroxyl groups excluding tert-OH is 1. The average molecular weight is 505 g/mol. The number of carbonyl (C=O) groups excluding carboxylic acids is 3. The number of hydrogen-bond acceptors (Lipinski definition) is 8. The SMILES string of the molecule is CO[C@]1(O)CC(O)(C(=O)NC(C)CCCN2C(=O)c3ccccc3C2=O)C[C@@H](O)C1(O)C1CCCC1. The molecule has 1 aliphatic heterocycles. The van der Waals surface area contributed by atoms with Crippen molar-refractivity contribution in [3.05, 3.63) is 35.4 Å². The Morgan fingerprint density at radius 1 is 1.14 bits per heavy atom. The smallest absolute Gasteiger partial charge is 0.261 e. The molecular formula is C26H36N2O8. The predicted octanol–water partition coefficient (Wildman–Crippen LogP) is 0.710. The van der Waals surface area contributed by atoms with Crippen LogP contribution < -0.4 is 5.32 Å². The number of methoxy groups -OCH3 is 1. The topological polar surface area (TPSA) is 157 Å². The van der Waals surface area contributed by atoms with E-state index in [1.807, 2.05) is 0 Å². The summed E-state index contributed by atoms with van der Waals surface area (Å²) in [5, 5.41) is 47.3. The Morgan fingerprint density at radius 2 is 1.72 bits per heavy atom. The highest BCUT2D eigenvalue weighted by Gasteiger charge is 2.67. The molecule has 0 aromatic heterocycles. The second kappa shape index (κ2) is 9.83. The number of hydrogen-bond donors (Lipinski definition) is 5. The Labute approximate surface area is 210 Å². The third-order valence-electron chi connectivity index (χ3n) is 8.21. The van der Waals surface area contributed by atoms with Gasteiger partial charge in [0.05, 0.1) is 17.2 Å². The van der Waals surface area contributed by atoms with E-state index in [2.05, 4.69) is 5.32 Å². The Morgan fingerprint density at radius 3 is 2.28 bits per heavy atom. The number of nitrogens with zero attached hydrogens (tertiary/aromatic N) is 1. The summed E-state index contributed by atoms with van der Waals surface area (Å²) in [7, 11) is 1.18. The monoisotopic (exact) mass is 504 g/mol. The molecular weight excluding hydrogens is 468 g/mol. The number of amides is 3. The normalized spacial score (nSPS) is 33.6. The van der Waals surface area contributed by atoms with Crippen molar-refractivity contribution in [2.24, 2.45) is 5.92 Å². The van der Waals surface area contributed by atoms with Crippen LogP contribution in [0, 0.1) is 5.92 Å². The van der Waals surface area contributed by atoms with Gasteiger partial charge in [0.15, 0.2) is 5.60 Å². The number of rotatable bonds is 8. The molecule has 10 nitrogen and oxygen atoms in total. The van der Waals surface area contributed by atoms with Crippen LogP contribution in [0.4, 0.5) is 0 Å². The number of carbonyl (C=O) groups is 3. The van der Waals surface area contributed by atoms with Gasteiger partial charge < -0.3 is 30.5 Å². The highest BCUT2D eigenvalue weighted by molar-refractivity contribution is 6.21. The average Bonchev–Trinajstić information content (AvgIpc) is 3.46. The third kappa shape index (κ3) is 4.35. The quantitative estimate of drug-likeness (QED) is 0.256. The molecule has 10 heteroatoms. The zero-order chi connectivity index (χ0) is 26.3. The van der Waals surface area contributed by atoms with E-state index in [1.165, 1.54) is 12.0 Å². The molecule has 0 radical (unpaired) electrons. The maximum absolute atomic E-state index is 13.0. The van der Waals surface area contributed by atoms with E-state index in [0.29, 0.717) is 36.8 Å². The van der Waals surface area contributed by atoms with Gasteiger partial charge in [-0.15, -0.1) is 0 Å². The lowest BCUT2D eigenvalue weighted by atomic mass is 9.63. The van der Waals surface area contributed by atoms with Crippen LogP contribution in [0.2, 0.25) is 0 Å². The first-order valence-electron chi connectivity index (χ1n) is 12.6. The van der Waals surface area contributed by atoms with Crippen molar-refractivity contribution in [1.29, 1.82) is 0 Å². The van der Waals surface area contributed by atoms with E-state index in [4.69, 9.17) is 4.74 Å². The molecule has 1 aromatic rings. The zero-order valence-electron chi connectivity index (χ0n) is 20.8. The van der Waals surface area contributed by atoms with Gasteiger partial charge in [-0.1, -0.05) is 25.0 Å². The van der Waals surface area contributed by atoms with Crippen molar-refractivity contribution in [3.8, 4) is 0 Å². The van der Waals surface area contributed by atoms with Crippen LogP contribution in [0.15, 0.2) is 24.3 Å². The van der Waals surface area contributed by atoms with E-state index in [-0.39, 0.29) is 18.4 Å². The molecule has 2 fully saturated rings. The van der Waals surface area contributed by atoms with Gasteiger partial charge >= 0.3 is 0 Å². The zero-order valence-corrected chi connectivity index (χ0v) is 20.8. The van der Waals surface area contributed by atoms with Crippen LogP contribution in [-0.2, 0) is 9.53 Å². The van der Waals surface area contributed by atoms with Crippen LogP contribution in [0.3, 0.4) is 0 Å². The maximum atomic E-state index is 13.0. The minimum absolute atomic E-state index is 0.188. The van der Waals surface area contributed by atoms with Crippen molar-refractivity contribution < 1.29 is 39.5 Å². The molecule has 0 spiro atoms. The molecule has 1 aromatic carbocycles. The van der Waals surface area contributed by atoms with Crippen LogP contribution in [0.1, 0.15) is 79.0 Å². The molecule has 3 amide bonds. The van der Waals surface area contributed by atoms with Gasteiger partial charge in [-0.25, -0.2) is 0 Å². The molecule has 2 saturated carbocycles. The first kappa shape index (κ1) is 26.7. The molecule has 36 heavy (non-hydrogen) atoms. The van der Waals surface area contributed by atoms with Gasteiger partial charge in [0.1, 0.15) is 5.60 Å². The highest BCUT2D eigenvalue weighted by Crippen LogP contribution is 2.51. The Hall–Kier alpha value is -2.37. The van der Waals surface area contributed by atoms with Crippen LogP contribution in [-0.4, -0.2) is 85.8 Å². The minimum Gasteiger partial charge on any atom is -0.390 e. The molecule has 198 valence electrons. The molecule has 0 saturated heterocycles. The van der Waals surface area contributed by atoms with Gasteiger partial charge in [0.2, 0.25) is 5.79 Å². The van der Waals surface area contributed by atoms with E-state index in [9.17, 15) is 34.8 Å². The molecule has 3 aliphatic rings. The second-order valence-electron chi connectivity index (χ2n) is 10.5. The summed E-state index contributed by atoms with van der Waals surface area (Å²) in [4.78, 5) is 39.2. The van der Waals surface area contributed by atoms with E-state index >= 15 is 0 Å². The van der Waals surface area contributed by atoms with Crippen molar-refractivity contribution in [2.45, 2.75) is 87.4 Å². The molecule has 4 rings (SSSR count). The summed E-state index contributed by atoms with van der Waals surface area (Å²) in [6.45, 7) is 1.91. The summed E-state index contributed by atoms with van der Waals surface area (Å²) >= 11 is 0. The molecule has 5 atom stereocenters. The summed E-state index contributed by atoms with van der Waals surface area (Å²) in [6.07, 6.45) is 1.15. The molecule has 5 N–H and O–H groups in total. The number of imide groups is 1. The number of nitrogens with one attached hydrogen (secondary N) is 1. The largest absolute Gasteiger partial charge is 0.390 e. The number of ether oxygens (including phenoxy) is 1. The lowest BCUT2D eigenvalue weighted by molar-refractivity contribution is -0.363. The van der Waals surface area contributed by atoms with Crippen molar-refractivity contribution in [1.82, 2.24) is 10.2 Å². The van der Waals surface area contributed by atoms with Crippen molar-refractivity contribution >= 4 is 17.7 Å². The Kier molecular flexibility index (Phi) is 7.29. The van der Waals surface area contributed by atoms with Crippen LogP contribution in [0.5, 0.6) is 0 Å². The molecule has 1 heterocycles.